The lowest BCUT2D eigenvalue weighted by atomic mass is 10.1. The highest BCUT2D eigenvalue weighted by atomic mass is 79.9. The van der Waals surface area contributed by atoms with E-state index in [1.807, 2.05) is 20.8 Å². The number of nitrogens with zero attached hydrogens (tertiary/aromatic N) is 2. The first kappa shape index (κ1) is 32.1. The third-order valence-electron chi connectivity index (χ3n) is 6.58. The van der Waals surface area contributed by atoms with E-state index in [1.165, 1.54) is 35.2 Å². The van der Waals surface area contributed by atoms with Crippen LogP contribution < -0.4 is 14.4 Å². The Morgan fingerprint density at radius 1 is 0.976 bits per heavy atom. The van der Waals surface area contributed by atoms with Crippen molar-refractivity contribution in [3.63, 3.8) is 0 Å². The molecular weight excluding hydrogens is 613 g/mol. The van der Waals surface area contributed by atoms with Gasteiger partial charge in [-0.3, -0.25) is 13.9 Å². The zero-order valence-corrected chi connectivity index (χ0v) is 25.9. The van der Waals surface area contributed by atoms with Crippen LogP contribution in [-0.4, -0.2) is 50.4 Å². The van der Waals surface area contributed by atoms with Crippen LogP contribution in [0, 0.1) is 5.82 Å². The lowest BCUT2D eigenvalue weighted by Crippen LogP contribution is -2.52. The largest absolute Gasteiger partial charge is 0.494 e. The van der Waals surface area contributed by atoms with Crippen molar-refractivity contribution in [1.82, 2.24) is 10.2 Å². The molecule has 0 radical (unpaired) electrons. The summed E-state index contributed by atoms with van der Waals surface area (Å²) in [6, 6.07) is 17.2. The van der Waals surface area contributed by atoms with Gasteiger partial charge < -0.3 is 15.0 Å². The maximum absolute atomic E-state index is 14.7. The van der Waals surface area contributed by atoms with E-state index in [4.69, 9.17) is 4.74 Å². The fourth-order valence-corrected chi connectivity index (χ4v) is 5.67. The Labute approximate surface area is 249 Å². The predicted molar refractivity (Wildman–Crippen MR) is 161 cm³/mol. The van der Waals surface area contributed by atoms with Gasteiger partial charge in [0.15, 0.2) is 0 Å². The normalized spacial score (nSPS) is 12.7. The molecule has 3 aromatic carbocycles. The summed E-state index contributed by atoms with van der Waals surface area (Å²) in [5.74, 6) is -1.09. The van der Waals surface area contributed by atoms with Gasteiger partial charge in [-0.1, -0.05) is 41.1 Å². The standard InChI is InChI=1S/C30H35BrFN3O5S/c1-5-21(3)33-30(37)22(4)34(19-23-9-7-8-10-28(23)32)29(36)20-35(25-13-15-26(16-14-25)40-6-2)41(38,39)27-17-11-24(31)12-18-27/h7-18,21-22H,5-6,19-20H2,1-4H3,(H,33,37)/t21-,22-/m1/s1. The molecule has 0 aliphatic heterocycles. The third-order valence-corrected chi connectivity index (χ3v) is 8.90. The molecule has 0 unspecified atom stereocenters. The van der Waals surface area contributed by atoms with Gasteiger partial charge in [0.2, 0.25) is 11.8 Å². The van der Waals surface area contributed by atoms with Gasteiger partial charge in [-0.15, -0.1) is 0 Å². The van der Waals surface area contributed by atoms with E-state index in [0.717, 1.165) is 4.31 Å². The highest BCUT2D eigenvalue weighted by Gasteiger charge is 2.33. The summed E-state index contributed by atoms with van der Waals surface area (Å²) in [4.78, 5) is 28.2. The number of benzene rings is 3. The zero-order valence-electron chi connectivity index (χ0n) is 23.5. The van der Waals surface area contributed by atoms with Crippen LogP contribution in [-0.2, 0) is 26.2 Å². The van der Waals surface area contributed by atoms with Crippen molar-refractivity contribution >= 4 is 43.5 Å². The van der Waals surface area contributed by atoms with E-state index in [9.17, 15) is 22.4 Å². The van der Waals surface area contributed by atoms with Crippen LogP contribution in [0.4, 0.5) is 10.1 Å². The maximum atomic E-state index is 14.7. The van der Waals surface area contributed by atoms with Crippen molar-refractivity contribution < 1.29 is 27.1 Å². The molecule has 0 saturated heterocycles. The van der Waals surface area contributed by atoms with Gasteiger partial charge in [0, 0.05) is 22.6 Å². The summed E-state index contributed by atoms with van der Waals surface area (Å²) in [6.45, 7) is 6.71. The van der Waals surface area contributed by atoms with Crippen molar-refractivity contribution in [3.05, 3.63) is 88.6 Å². The first-order chi connectivity index (χ1) is 19.5. The average Bonchev–Trinajstić information content (AvgIpc) is 2.95. The van der Waals surface area contributed by atoms with Crippen LogP contribution in [0.15, 0.2) is 82.2 Å². The molecule has 2 amide bonds. The molecule has 2 atom stereocenters. The average molecular weight is 649 g/mol. The Morgan fingerprint density at radius 2 is 1.61 bits per heavy atom. The van der Waals surface area contributed by atoms with Crippen LogP contribution in [0.2, 0.25) is 0 Å². The minimum Gasteiger partial charge on any atom is -0.494 e. The number of amides is 2. The molecular formula is C30H35BrFN3O5S. The number of halogens is 2. The summed E-state index contributed by atoms with van der Waals surface area (Å²) >= 11 is 3.31. The number of rotatable bonds is 13. The van der Waals surface area contributed by atoms with Gasteiger partial charge in [-0.2, -0.15) is 0 Å². The monoisotopic (exact) mass is 647 g/mol. The van der Waals surface area contributed by atoms with E-state index in [-0.39, 0.29) is 28.7 Å². The van der Waals surface area contributed by atoms with Crippen LogP contribution in [0.5, 0.6) is 5.75 Å². The van der Waals surface area contributed by atoms with Crippen LogP contribution in [0.1, 0.15) is 39.7 Å². The van der Waals surface area contributed by atoms with Crippen molar-refractivity contribution in [2.24, 2.45) is 0 Å². The molecule has 0 bridgehead atoms. The Bertz CT molecular complexity index is 1440. The van der Waals surface area contributed by atoms with Crippen LogP contribution in [0.3, 0.4) is 0 Å². The van der Waals surface area contributed by atoms with Crippen molar-refractivity contribution in [3.8, 4) is 5.75 Å². The highest BCUT2D eigenvalue weighted by Crippen LogP contribution is 2.27. The zero-order chi connectivity index (χ0) is 30.2. The fourth-order valence-electron chi connectivity index (χ4n) is 4.00. The summed E-state index contributed by atoms with van der Waals surface area (Å²) in [5.41, 5.74) is 0.430. The summed E-state index contributed by atoms with van der Waals surface area (Å²) in [6.07, 6.45) is 0.677. The van der Waals surface area contributed by atoms with E-state index in [1.54, 1.807) is 49.4 Å². The summed E-state index contributed by atoms with van der Waals surface area (Å²) in [7, 11) is -4.22. The minimum absolute atomic E-state index is 0.0226. The number of anilines is 1. The second kappa shape index (κ2) is 14.5. The van der Waals surface area contributed by atoms with E-state index < -0.39 is 40.2 Å². The van der Waals surface area contributed by atoms with E-state index in [2.05, 4.69) is 21.2 Å². The molecule has 0 spiro atoms. The van der Waals surface area contributed by atoms with Gasteiger partial charge in [0.05, 0.1) is 17.2 Å². The highest BCUT2D eigenvalue weighted by molar-refractivity contribution is 9.10. The quantitative estimate of drug-likeness (QED) is 0.264. The number of hydrogen-bond acceptors (Lipinski definition) is 5. The van der Waals surface area contributed by atoms with E-state index in [0.29, 0.717) is 23.2 Å². The number of nitrogens with one attached hydrogen (secondary N) is 1. The molecule has 0 aliphatic rings. The molecule has 8 nitrogen and oxygen atoms in total. The number of hydrogen-bond donors (Lipinski definition) is 1. The lowest BCUT2D eigenvalue weighted by molar-refractivity contribution is -0.139. The van der Waals surface area contributed by atoms with Crippen molar-refractivity contribution in [2.45, 2.75) is 57.6 Å². The molecule has 3 aromatic rings. The number of sulfonamides is 1. The second-order valence-electron chi connectivity index (χ2n) is 9.50. The lowest BCUT2D eigenvalue weighted by Gasteiger charge is -2.32. The van der Waals surface area contributed by atoms with Gasteiger partial charge >= 0.3 is 0 Å². The van der Waals surface area contributed by atoms with Gasteiger partial charge in [-0.25, -0.2) is 12.8 Å². The van der Waals surface area contributed by atoms with Gasteiger partial charge in [-0.05, 0) is 81.8 Å². The third kappa shape index (κ3) is 8.29. The summed E-state index contributed by atoms with van der Waals surface area (Å²) in [5, 5.41) is 2.85. The Kier molecular flexibility index (Phi) is 11.3. The Balaban J connectivity index is 2.04. The van der Waals surface area contributed by atoms with E-state index >= 15 is 0 Å². The SMILES string of the molecule is CCOc1ccc(N(CC(=O)N(Cc2ccccc2F)[C@H](C)C(=O)N[C@H](C)CC)S(=O)(=O)c2ccc(Br)cc2)cc1. The van der Waals surface area contributed by atoms with Crippen molar-refractivity contribution in [2.75, 3.05) is 17.5 Å². The first-order valence-electron chi connectivity index (χ1n) is 13.3. The van der Waals surface area contributed by atoms with Gasteiger partial charge in [0.25, 0.3) is 10.0 Å². The molecule has 3 rings (SSSR count). The molecule has 11 heteroatoms. The fraction of sp³-hybridized carbons (Fsp3) is 0.333. The number of ether oxygens (including phenoxy) is 1. The van der Waals surface area contributed by atoms with Gasteiger partial charge in [0.1, 0.15) is 24.2 Å². The second-order valence-corrected chi connectivity index (χ2v) is 12.3. The van der Waals surface area contributed by atoms with Crippen LogP contribution in [0.25, 0.3) is 0 Å². The molecule has 0 heterocycles. The molecule has 0 aromatic heterocycles. The van der Waals surface area contributed by atoms with Crippen molar-refractivity contribution in [1.29, 1.82) is 0 Å². The molecule has 0 saturated carbocycles. The molecule has 0 fully saturated rings. The topological polar surface area (TPSA) is 96.0 Å². The molecule has 1 N–H and O–H groups in total. The Hall–Kier alpha value is -3.44. The minimum atomic E-state index is -4.22. The maximum Gasteiger partial charge on any atom is 0.264 e. The molecule has 0 aliphatic carbocycles. The Morgan fingerprint density at radius 3 is 2.20 bits per heavy atom. The number of carbonyl (C=O) groups excluding carboxylic acids is 2. The first-order valence-corrected chi connectivity index (χ1v) is 15.6. The summed E-state index contributed by atoms with van der Waals surface area (Å²) < 4.78 is 49.6. The smallest absolute Gasteiger partial charge is 0.264 e. The van der Waals surface area contributed by atoms with Crippen LogP contribution >= 0.6 is 15.9 Å². The number of carbonyl (C=O) groups is 2. The molecule has 41 heavy (non-hydrogen) atoms. The molecule has 220 valence electrons. The predicted octanol–water partition coefficient (Wildman–Crippen LogP) is 5.51.